The molecule has 0 unspecified atom stereocenters. The zero-order valence-corrected chi connectivity index (χ0v) is 9.86. The van der Waals surface area contributed by atoms with Crippen LogP contribution in [0.3, 0.4) is 0 Å². The van der Waals surface area contributed by atoms with Gasteiger partial charge in [0.05, 0.1) is 0 Å². The van der Waals surface area contributed by atoms with Crippen molar-refractivity contribution in [1.29, 1.82) is 0 Å². The number of likely N-dealkylation sites (tertiary alicyclic amines) is 1. The van der Waals surface area contributed by atoms with Gasteiger partial charge in [0.25, 0.3) is 0 Å². The Morgan fingerprint density at radius 2 is 2.12 bits per heavy atom. The minimum Gasteiger partial charge on any atom is -0.299 e. The summed E-state index contributed by atoms with van der Waals surface area (Å²) in [7, 11) is 0. The summed E-state index contributed by atoms with van der Waals surface area (Å²) in [6.07, 6.45) is 3.52. The van der Waals surface area contributed by atoms with E-state index in [9.17, 15) is 4.79 Å². The number of hydrogen-bond donors (Lipinski definition) is 0. The number of carbonyl (C=O) groups excluding carboxylic acids is 1. The molecule has 0 aliphatic carbocycles. The largest absolute Gasteiger partial charge is 0.299 e. The molecule has 1 aromatic rings. The van der Waals surface area contributed by atoms with Gasteiger partial charge in [0.1, 0.15) is 6.29 Å². The number of benzene rings is 1. The first kappa shape index (κ1) is 11.3. The summed E-state index contributed by atoms with van der Waals surface area (Å²) in [6, 6.07) is 7.91. The van der Waals surface area contributed by atoms with Crippen LogP contribution in [-0.2, 0) is 6.54 Å². The second-order valence-corrected chi connectivity index (χ2v) is 4.82. The number of hydrogen-bond acceptors (Lipinski definition) is 2. The maximum atomic E-state index is 10.7. The van der Waals surface area contributed by atoms with Crippen LogP contribution in [0.5, 0.6) is 0 Å². The molecule has 1 heterocycles. The lowest BCUT2D eigenvalue weighted by Gasteiger charge is -2.30. The molecule has 0 N–H and O–H groups in total. The van der Waals surface area contributed by atoms with Gasteiger partial charge in [0.2, 0.25) is 0 Å². The Morgan fingerprint density at radius 1 is 1.38 bits per heavy atom. The number of nitrogens with zero attached hydrogens (tertiary/aromatic N) is 1. The van der Waals surface area contributed by atoms with Crippen molar-refractivity contribution >= 4 is 6.29 Å². The van der Waals surface area contributed by atoms with Crippen molar-refractivity contribution < 1.29 is 4.79 Å². The predicted octanol–water partition coefficient (Wildman–Crippen LogP) is 2.73. The third-order valence-corrected chi connectivity index (χ3v) is 3.37. The summed E-state index contributed by atoms with van der Waals surface area (Å²) in [6.45, 7) is 5.68. The summed E-state index contributed by atoms with van der Waals surface area (Å²) in [5.41, 5.74) is 2.03. The number of aldehydes is 1. The van der Waals surface area contributed by atoms with Gasteiger partial charge in [0, 0.05) is 12.1 Å². The van der Waals surface area contributed by atoms with E-state index in [1.54, 1.807) is 0 Å². The van der Waals surface area contributed by atoms with Gasteiger partial charge >= 0.3 is 0 Å². The predicted molar refractivity (Wildman–Crippen MR) is 65.5 cm³/mol. The number of rotatable bonds is 3. The number of piperidine rings is 1. The maximum Gasteiger partial charge on any atom is 0.150 e. The average molecular weight is 217 g/mol. The van der Waals surface area contributed by atoms with E-state index in [1.165, 1.54) is 31.5 Å². The van der Waals surface area contributed by atoms with Gasteiger partial charge in [0.15, 0.2) is 0 Å². The molecule has 1 saturated heterocycles. The van der Waals surface area contributed by atoms with Crippen molar-refractivity contribution in [2.75, 3.05) is 13.1 Å². The highest BCUT2D eigenvalue weighted by molar-refractivity contribution is 5.74. The molecular formula is C14H19NO. The Labute approximate surface area is 97.3 Å². The third-order valence-electron chi connectivity index (χ3n) is 3.37. The van der Waals surface area contributed by atoms with Crippen LogP contribution in [0, 0.1) is 5.92 Å². The van der Waals surface area contributed by atoms with Crippen LogP contribution < -0.4 is 0 Å². The molecule has 16 heavy (non-hydrogen) atoms. The SMILES string of the molecule is CC1CCN(Cc2cccc(C=O)c2)CC1. The van der Waals surface area contributed by atoms with Gasteiger partial charge in [-0.3, -0.25) is 9.69 Å². The minimum absolute atomic E-state index is 0.780. The van der Waals surface area contributed by atoms with Gasteiger partial charge in [-0.2, -0.15) is 0 Å². The Balaban J connectivity index is 1.95. The summed E-state index contributed by atoms with van der Waals surface area (Å²) in [4.78, 5) is 13.2. The van der Waals surface area contributed by atoms with Crippen LogP contribution in [0.25, 0.3) is 0 Å². The molecule has 0 saturated carbocycles. The third kappa shape index (κ3) is 2.92. The van der Waals surface area contributed by atoms with Crippen molar-refractivity contribution in [3.8, 4) is 0 Å². The summed E-state index contributed by atoms with van der Waals surface area (Å²) in [5.74, 6) is 0.873. The Bertz CT molecular complexity index is 354. The molecule has 1 aliphatic rings. The Morgan fingerprint density at radius 3 is 2.81 bits per heavy atom. The molecule has 0 radical (unpaired) electrons. The van der Waals surface area contributed by atoms with Crippen LogP contribution in [0.4, 0.5) is 0 Å². The highest BCUT2D eigenvalue weighted by Crippen LogP contribution is 2.18. The molecule has 86 valence electrons. The second-order valence-electron chi connectivity index (χ2n) is 4.82. The van der Waals surface area contributed by atoms with Crippen molar-refractivity contribution in [3.05, 3.63) is 35.4 Å². The van der Waals surface area contributed by atoms with Gasteiger partial charge in [-0.05, 0) is 43.5 Å². The second kappa shape index (κ2) is 5.26. The molecular weight excluding hydrogens is 198 g/mol. The average Bonchev–Trinajstić information content (AvgIpc) is 2.32. The molecule has 2 heteroatoms. The van der Waals surface area contributed by atoms with Crippen LogP contribution in [0.15, 0.2) is 24.3 Å². The Hall–Kier alpha value is -1.15. The number of carbonyl (C=O) groups is 1. The van der Waals surface area contributed by atoms with Crippen molar-refractivity contribution in [2.24, 2.45) is 5.92 Å². The van der Waals surface area contributed by atoms with Gasteiger partial charge < -0.3 is 0 Å². The zero-order valence-electron chi connectivity index (χ0n) is 9.86. The fraction of sp³-hybridized carbons (Fsp3) is 0.500. The van der Waals surface area contributed by atoms with Crippen LogP contribution >= 0.6 is 0 Å². The lowest BCUT2D eigenvalue weighted by atomic mass is 9.99. The molecule has 0 atom stereocenters. The van der Waals surface area contributed by atoms with Crippen LogP contribution in [0.1, 0.15) is 35.7 Å². The molecule has 1 aromatic carbocycles. The summed E-state index contributed by atoms with van der Waals surface area (Å²) in [5, 5.41) is 0. The summed E-state index contributed by atoms with van der Waals surface area (Å²) >= 11 is 0. The molecule has 0 bridgehead atoms. The zero-order chi connectivity index (χ0) is 11.4. The topological polar surface area (TPSA) is 20.3 Å². The first-order valence-electron chi connectivity index (χ1n) is 6.04. The molecule has 0 spiro atoms. The maximum absolute atomic E-state index is 10.7. The molecule has 0 aromatic heterocycles. The molecule has 2 nitrogen and oxygen atoms in total. The first-order valence-corrected chi connectivity index (χ1v) is 6.04. The van der Waals surface area contributed by atoms with Crippen LogP contribution in [0.2, 0.25) is 0 Å². The van der Waals surface area contributed by atoms with E-state index >= 15 is 0 Å². The lowest BCUT2D eigenvalue weighted by Crippen LogP contribution is -2.32. The van der Waals surface area contributed by atoms with Crippen molar-refractivity contribution in [2.45, 2.75) is 26.3 Å². The van der Waals surface area contributed by atoms with Crippen LogP contribution in [-0.4, -0.2) is 24.3 Å². The molecule has 1 aliphatic heterocycles. The molecule has 1 fully saturated rings. The lowest BCUT2D eigenvalue weighted by molar-refractivity contribution is 0.112. The normalized spacial score (nSPS) is 18.6. The fourth-order valence-corrected chi connectivity index (χ4v) is 2.24. The molecule has 0 amide bonds. The quantitative estimate of drug-likeness (QED) is 0.726. The molecule has 2 rings (SSSR count). The van der Waals surface area contributed by atoms with E-state index in [0.717, 1.165) is 24.3 Å². The van der Waals surface area contributed by atoms with Gasteiger partial charge in [-0.15, -0.1) is 0 Å². The van der Waals surface area contributed by atoms with Gasteiger partial charge in [-0.1, -0.05) is 25.1 Å². The van der Waals surface area contributed by atoms with E-state index in [4.69, 9.17) is 0 Å². The fourth-order valence-electron chi connectivity index (χ4n) is 2.24. The van der Waals surface area contributed by atoms with Crippen molar-refractivity contribution in [3.63, 3.8) is 0 Å². The van der Waals surface area contributed by atoms with E-state index in [1.807, 2.05) is 18.2 Å². The highest BCUT2D eigenvalue weighted by atomic mass is 16.1. The minimum atomic E-state index is 0.780. The highest BCUT2D eigenvalue weighted by Gasteiger charge is 2.15. The van der Waals surface area contributed by atoms with Crippen molar-refractivity contribution in [1.82, 2.24) is 4.90 Å². The van der Waals surface area contributed by atoms with E-state index in [0.29, 0.717) is 0 Å². The van der Waals surface area contributed by atoms with E-state index in [-0.39, 0.29) is 0 Å². The first-order chi connectivity index (χ1) is 7.78. The monoisotopic (exact) mass is 217 g/mol. The Kier molecular flexibility index (Phi) is 3.73. The smallest absolute Gasteiger partial charge is 0.150 e. The van der Waals surface area contributed by atoms with E-state index in [2.05, 4.69) is 17.9 Å². The standard InChI is InChI=1S/C14H19NO/c1-12-5-7-15(8-6-12)10-13-3-2-4-14(9-13)11-16/h2-4,9,11-12H,5-8,10H2,1H3. The van der Waals surface area contributed by atoms with E-state index < -0.39 is 0 Å². The van der Waals surface area contributed by atoms with Gasteiger partial charge in [-0.25, -0.2) is 0 Å². The summed E-state index contributed by atoms with van der Waals surface area (Å²) < 4.78 is 0.